The summed E-state index contributed by atoms with van der Waals surface area (Å²) in [6, 6.07) is 8.31. The van der Waals surface area contributed by atoms with Crippen LogP contribution >= 0.6 is 27.5 Å². The number of ether oxygens (including phenoxy) is 2. The number of carbonyl (C=O) groups excluding carboxylic acids is 1. The molecule has 2 aromatic carbocycles. The van der Waals surface area contributed by atoms with Gasteiger partial charge in [0, 0.05) is 10.6 Å². The lowest BCUT2D eigenvalue weighted by Gasteiger charge is -2.09. The third kappa shape index (κ3) is 5.11. The number of hydrogen-bond acceptors (Lipinski definition) is 5. The van der Waals surface area contributed by atoms with Gasteiger partial charge in [0.2, 0.25) is 5.91 Å². The average Bonchev–Trinajstić information content (AvgIpc) is 2.58. The summed E-state index contributed by atoms with van der Waals surface area (Å²) in [4.78, 5) is 12.0. The van der Waals surface area contributed by atoms with Crippen LogP contribution in [0.2, 0.25) is 5.02 Å². The maximum absolute atomic E-state index is 12.0. The van der Waals surface area contributed by atoms with Gasteiger partial charge >= 0.3 is 0 Å². The van der Waals surface area contributed by atoms with E-state index >= 15 is 0 Å². The van der Waals surface area contributed by atoms with Crippen molar-refractivity contribution in [1.29, 1.82) is 0 Å². The standard InChI is InChI=1S/C17H16BrClN2O4/c1-24-14-4-3-10(5-15(14)25-2)6-16(22)21-20-9-11-7-12(19)8-13(18)17(11)23/h3-5,7-9,23H,6H2,1-2H3,(H,21,22). The van der Waals surface area contributed by atoms with E-state index in [2.05, 4.69) is 26.5 Å². The molecule has 8 heteroatoms. The number of methoxy groups -OCH3 is 2. The highest BCUT2D eigenvalue weighted by Crippen LogP contribution is 2.30. The van der Waals surface area contributed by atoms with Crippen LogP contribution in [0.1, 0.15) is 11.1 Å². The number of rotatable bonds is 6. The number of hydrogen-bond donors (Lipinski definition) is 2. The van der Waals surface area contributed by atoms with E-state index in [1.54, 1.807) is 31.4 Å². The van der Waals surface area contributed by atoms with Crippen LogP contribution in [0.4, 0.5) is 0 Å². The Morgan fingerprint density at radius 1 is 1.28 bits per heavy atom. The van der Waals surface area contributed by atoms with Crippen LogP contribution in [-0.2, 0) is 11.2 Å². The first-order valence-electron chi connectivity index (χ1n) is 7.15. The Bertz CT molecular complexity index is 811. The first-order valence-corrected chi connectivity index (χ1v) is 8.32. The maximum atomic E-state index is 12.0. The van der Waals surface area contributed by atoms with Crippen molar-refractivity contribution in [3.8, 4) is 17.2 Å². The molecule has 2 rings (SSSR count). The minimum atomic E-state index is -0.316. The second-order valence-electron chi connectivity index (χ2n) is 4.98. The smallest absolute Gasteiger partial charge is 0.244 e. The summed E-state index contributed by atoms with van der Waals surface area (Å²) in [5.74, 6) is 0.808. The molecular weight excluding hydrogens is 412 g/mol. The number of amides is 1. The summed E-state index contributed by atoms with van der Waals surface area (Å²) in [7, 11) is 3.07. The quantitative estimate of drug-likeness (QED) is 0.546. The number of halogens is 2. The maximum Gasteiger partial charge on any atom is 0.244 e. The van der Waals surface area contributed by atoms with Crippen LogP contribution < -0.4 is 14.9 Å². The Morgan fingerprint density at radius 3 is 2.68 bits per heavy atom. The number of phenols is 1. The minimum absolute atomic E-state index is 0.0118. The Hall–Kier alpha value is -2.25. The molecule has 132 valence electrons. The van der Waals surface area contributed by atoms with Gasteiger partial charge in [-0.2, -0.15) is 5.10 Å². The van der Waals surface area contributed by atoms with E-state index < -0.39 is 0 Å². The summed E-state index contributed by atoms with van der Waals surface area (Å²) >= 11 is 9.09. The third-order valence-corrected chi connectivity index (χ3v) is 4.09. The van der Waals surface area contributed by atoms with Gasteiger partial charge in [0.1, 0.15) is 5.75 Å². The lowest BCUT2D eigenvalue weighted by molar-refractivity contribution is -0.120. The van der Waals surface area contributed by atoms with Gasteiger partial charge in [0.25, 0.3) is 0 Å². The van der Waals surface area contributed by atoms with E-state index in [0.717, 1.165) is 5.56 Å². The molecule has 2 aromatic rings. The van der Waals surface area contributed by atoms with Crippen LogP contribution in [0.5, 0.6) is 17.2 Å². The number of aromatic hydroxyl groups is 1. The zero-order valence-electron chi connectivity index (χ0n) is 13.5. The average molecular weight is 428 g/mol. The molecule has 0 unspecified atom stereocenters. The number of carbonyl (C=O) groups is 1. The fraction of sp³-hybridized carbons (Fsp3) is 0.176. The van der Waals surface area contributed by atoms with Crippen molar-refractivity contribution >= 4 is 39.7 Å². The predicted molar refractivity (Wildman–Crippen MR) is 99.8 cm³/mol. The number of phenolic OH excluding ortho intramolecular Hbond substituents is 1. The molecule has 1 amide bonds. The van der Waals surface area contributed by atoms with E-state index in [0.29, 0.717) is 26.6 Å². The molecule has 2 N–H and O–H groups in total. The van der Waals surface area contributed by atoms with Crippen LogP contribution in [0.15, 0.2) is 39.9 Å². The van der Waals surface area contributed by atoms with Gasteiger partial charge < -0.3 is 14.6 Å². The third-order valence-electron chi connectivity index (χ3n) is 3.26. The molecule has 0 fully saturated rings. The van der Waals surface area contributed by atoms with Gasteiger partial charge in [0.15, 0.2) is 11.5 Å². The number of benzene rings is 2. The number of nitrogens with zero attached hydrogens (tertiary/aromatic N) is 1. The highest BCUT2D eigenvalue weighted by Gasteiger charge is 2.09. The summed E-state index contributed by atoms with van der Waals surface area (Å²) in [5, 5.41) is 14.2. The first-order chi connectivity index (χ1) is 11.9. The molecule has 0 heterocycles. The topological polar surface area (TPSA) is 80.2 Å². The summed E-state index contributed by atoms with van der Waals surface area (Å²) < 4.78 is 10.8. The molecule has 6 nitrogen and oxygen atoms in total. The van der Waals surface area contributed by atoms with Gasteiger partial charge in [-0.3, -0.25) is 4.79 Å². The highest BCUT2D eigenvalue weighted by molar-refractivity contribution is 9.10. The van der Waals surface area contributed by atoms with Crippen molar-refractivity contribution in [3.63, 3.8) is 0 Å². The molecule has 0 saturated carbocycles. The van der Waals surface area contributed by atoms with E-state index in [1.807, 2.05) is 0 Å². The lowest BCUT2D eigenvalue weighted by Crippen LogP contribution is -2.19. The van der Waals surface area contributed by atoms with Crippen molar-refractivity contribution < 1.29 is 19.4 Å². The van der Waals surface area contributed by atoms with Gasteiger partial charge in [-0.15, -0.1) is 0 Å². The zero-order valence-corrected chi connectivity index (χ0v) is 15.9. The molecule has 0 aliphatic heterocycles. The zero-order chi connectivity index (χ0) is 18.4. The predicted octanol–water partition coefficient (Wildman–Crippen LogP) is 3.52. The van der Waals surface area contributed by atoms with Crippen molar-refractivity contribution in [2.24, 2.45) is 5.10 Å². The Balaban J connectivity index is 2.01. The summed E-state index contributed by atoms with van der Waals surface area (Å²) in [6.45, 7) is 0. The number of hydrazone groups is 1. The van der Waals surface area contributed by atoms with E-state index in [-0.39, 0.29) is 18.1 Å². The van der Waals surface area contributed by atoms with Crippen LogP contribution in [-0.4, -0.2) is 31.4 Å². The number of nitrogens with one attached hydrogen (secondary N) is 1. The monoisotopic (exact) mass is 426 g/mol. The normalized spacial score (nSPS) is 10.7. The molecule has 0 aliphatic rings. The lowest BCUT2D eigenvalue weighted by atomic mass is 10.1. The summed E-state index contributed by atoms with van der Waals surface area (Å²) in [6.07, 6.45) is 1.43. The second-order valence-corrected chi connectivity index (χ2v) is 6.28. The molecule has 0 spiro atoms. The highest BCUT2D eigenvalue weighted by atomic mass is 79.9. The second kappa shape index (κ2) is 8.73. The molecule has 0 aliphatic carbocycles. The summed E-state index contributed by atoms with van der Waals surface area (Å²) in [5.41, 5.74) is 3.53. The van der Waals surface area contributed by atoms with Crippen molar-refractivity contribution in [1.82, 2.24) is 5.43 Å². The van der Waals surface area contributed by atoms with Crippen LogP contribution in [0.3, 0.4) is 0 Å². The Morgan fingerprint density at radius 2 is 2.00 bits per heavy atom. The van der Waals surface area contributed by atoms with Crippen LogP contribution in [0.25, 0.3) is 0 Å². The van der Waals surface area contributed by atoms with E-state index in [4.69, 9.17) is 21.1 Å². The van der Waals surface area contributed by atoms with E-state index in [1.165, 1.54) is 19.4 Å². The van der Waals surface area contributed by atoms with Gasteiger partial charge in [-0.1, -0.05) is 17.7 Å². The molecule has 25 heavy (non-hydrogen) atoms. The van der Waals surface area contributed by atoms with Gasteiger partial charge in [0.05, 0.1) is 31.3 Å². The molecule has 0 aromatic heterocycles. The van der Waals surface area contributed by atoms with E-state index in [9.17, 15) is 9.90 Å². The van der Waals surface area contributed by atoms with Crippen molar-refractivity contribution in [2.45, 2.75) is 6.42 Å². The van der Waals surface area contributed by atoms with Crippen molar-refractivity contribution in [3.05, 3.63) is 51.0 Å². The molecular formula is C17H16BrClN2O4. The molecule has 0 saturated heterocycles. The fourth-order valence-corrected chi connectivity index (χ4v) is 2.91. The minimum Gasteiger partial charge on any atom is -0.506 e. The molecule has 0 bridgehead atoms. The first kappa shape index (κ1) is 19.1. The Labute approximate surface area is 158 Å². The molecule has 0 atom stereocenters. The van der Waals surface area contributed by atoms with Crippen LogP contribution in [0, 0.1) is 0 Å². The largest absolute Gasteiger partial charge is 0.506 e. The van der Waals surface area contributed by atoms with Crippen molar-refractivity contribution in [2.75, 3.05) is 14.2 Å². The SMILES string of the molecule is COc1ccc(CC(=O)NN=Cc2cc(Cl)cc(Br)c2O)cc1OC. The Kier molecular flexibility index (Phi) is 6.66. The molecule has 0 radical (unpaired) electrons. The van der Waals surface area contributed by atoms with Gasteiger partial charge in [-0.05, 0) is 45.8 Å². The van der Waals surface area contributed by atoms with Gasteiger partial charge in [-0.25, -0.2) is 5.43 Å². The fourth-order valence-electron chi connectivity index (χ4n) is 2.07.